The largest absolute Gasteiger partial charge is 0.468 e. The van der Waals surface area contributed by atoms with E-state index in [4.69, 9.17) is 18.6 Å². The number of hydrogen-bond donors (Lipinski definition) is 1. The zero-order valence-electron chi connectivity index (χ0n) is 20.7. The normalized spacial score (nSPS) is 21.8. The summed E-state index contributed by atoms with van der Waals surface area (Å²) in [6.45, 7) is 6.00. The SMILES string of the molecule is CCOCCOC(=O)C1=C(C)NC2=C(C(=O)[C@H](C(=O)OC)[C@@H](C)C2)[C@H]1c1coc2ccccc2c1=O. The fraction of sp³-hybridized carbons (Fsp3) is 0.407. The Balaban J connectivity index is 1.88. The van der Waals surface area contributed by atoms with E-state index in [2.05, 4.69) is 5.32 Å². The minimum Gasteiger partial charge on any atom is -0.468 e. The summed E-state index contributed by atoms with van der Waals surface area (Å²) in [7, 11) is 1.23. The molecule has 9 nitrogen and oxygen atoms in total. The third-order valence-corrected chi connectivity index (χ3v) is 6.65. The van der Waals surface area contributed by atoms with Crippen LogP contribution in [0.4, 0.5) is 0 Å². The van der Waals surface area contributed by atoms with Gasteiger partial charge in [0, 0.05) is 29.1 Å². The van der Waals surface area contributed by atoms with Crippen LogP contribution < -0.4 is 10.7 Å². The highest BCUT2D eigenvalue weighted by Gasteiger charge is 2.48. The quantitative estimate of drug-likeness (QED) is 0.351. The number of dihydropyridines is 1. The molecule has 190 valence electrons. The van der Waals surface area contributed by atoms with Gasteiger partial charge in [0.05, 0.1) is 36.9 Å². The number of carbonyl (C=O) groups is 3. The number of benzene rings is 1. The molecule has 0 radical (unpaired) electrons. The fourth-order valence-corrected chi connectivity index (χ4v) is 4.97. The highest BCUT2D eigenvalue weighted by atomic mass is 16.6. The molecule has 9 heteroatoms. The van der Waals surface area contributed by atoms with E-state index >= 15 is 0 Å². The van der Waals surface area contributed by atoms with E-state index in [-0.39, 0.29) is 41.3 Å². The van der Waals surface area contributed by atoms with Crippen LogP contribution in [0.3, 0.4) is 0 Å². The molecule has 1 aliphatic heterocycles. The van der Waals surface area contributed by atoms with Gasteiger partial charge in [0.2, 0.25) is 0 Å². The van der Waals surface area contributed by atoms with Gasteiger partial charge in [-0.2, -0.15) is 0 Å². The monoisotopic (exact) mass is 495 g/mol. The van der Waals surface area contributed by atoms with Gasteiger partial charge in [-0.1, -0.05) is 19.1 Å². The number of para-hydroxylation sites is 1. The predicted octanol–water partition coefficient (Wildman–Crippen LogP) is 2.99. The van der Waals surface area contributed by atoms with Gasteiger partial charge >= 0.3 is 11.9 Å². The smallest absolute Gasteiger partial charge is 0.336 e. The van der Waals surface area contributed by atoms with Crippen LogP contribution in [-0.2, 0) is 28.6 Å². The van der Waals surface area contributed by atoms with E-state index in [9.17, 15) is 19.2 Å². The van der Waals surface area contributed by atoms with Gasteiger partial charge in [-0.05, 0) is 38.3 Å². The molecule has 1 aromatic heterocycles. The Morgan fingerprint density at radius 3 is 2.64 bits per heavy atom. The molecule has 4 rings (SSSR count). The van der Waals surface area contributed by atoms with Crippen molar-refractivity contribution in [3.05, 3.63) is 68.9 Å². The minimum atomic E-state index is -1.08. The Morgan fingerprint density at radius 1 is 1.17 bits per heavy atom. The molecule has 0 amide bonds. The van der Waals surface area contributed by atoms with Crippen LogP contribution in [-0.4, -0.2) is 44.7 Å². The van der Waals surface area contributed by atoms with Crippen LogP contribution in [0.2, 0.25) is 0 Å². The minimum absolute atomic E-state index is 0.00414. The molecule has 0 fully saturated rings. The molecule has 1 aliphatic carbocycles. The van der Waals surface area contributed by atoms with E-state index in [1.54, 1.807) is 38.1 Å². The summed E-state index contributed by atoms with van der Waals surface area (Å²) in [6.07, 6.45) is 1.64. The van der Waals surface area contributed by atoms with Gasteiger partial charge in [0.25, 0.3) is 0 Å². The molecule has 0 saturated carbocycles. The third kappa shape index (κ3) is 4.46. The second-order valence-corrected chi connectivity index (χ2v) is 8.88. The number of nitrogens with one attached hydrogen (secondary N) is 1. The number of methoxy groups -OCH3 is 1. The number of rotatable bonds is 7. The van der Waals surface area contributed by atoms with Gasteiger partial charge in [0.15, 0.2) is 11.2 Å². The summed E-state index contributed by atoms with van der Waals surface area (Å²) in [5.74, 6) is -4.31. The van der Waals surface area contributed by atoms with E-state index in [0.717, 1.165) is 0 Å². The van der Waals surface area contributed by atoms with E-state index in [1.165, 1.54) is 13.4 Å². The summed E-state index contributed by atoms with van der Waals surface area (Å²) in [6, 6.07) is 6.74. The Morgan fingerprint density at radius 2 is 1.92 bits per heavy atom. The molecule has 0 spiro atoms. The number of esters is 2. The van der Waals surface area contributed by atoms with Crippen LogP contribution in [0, 0.1) is 11.8 Å². The lowest BCUT2D eigenvalue weighted by atomic mass is 9.69. The van der Waals surface area contributed by atoms with Gasteiger partial charge < -0.3 is 23.9 Å². The Bertz CT molecular complexity index is 1330. The number of ether oxygens (including phenoxy) is 3. The number of carbonyl (C=O) groups excluding carboxylic acids is 3. The lowest BCUT2D eigenvalue weighted by Gasteiger charge is -2.37. The number of fused-ring (bicyclic) bond motifs is 1. The van der Waals surface area contributed by atoms with Crippen molar-refractivity contribution in [2.45, 2.75) is 33.1 Å². The molecule has 0 saturated heterocycles. The van der Waals surface area contributed by atoms with E-state index in [0.29, 0.717) is 35.4 Å². The molecule has 1 aromatic carbocycles. The maximum absolute atomic E-state index is 13.8. The molecule has 0 unspecified atom stereocenters. The van der Waals surface area contributed by atoms with Crippen molar-refractivity contribution in [3.8, 4) is 0 Å². The maximum atomic E-state index is 13.8. The predicted molar refractivity (Wildman–Crippen MR) is 130 cm³/mol. The number of ketones is 1. The van der Waals surface area contributed by atoms with E-state index < -0.39 is 29.6 Å². The molecule has 3 atom stereocenters. The first-order chi connectivity index (χ1) is 17.3. The summed E-state index contributed by atoms with van der Waals surface area (Å²) >= 11 is 0. The Hall–Kier alpha value is -3.72. The van der Waals surface area contributed by atoms with Crippen molar-refractivity contribution < 1.29 is 33.0 Å². The van der Waals surface area contributed by atoms with Crippen LogP contribution in [0.25, 0.3) is 11.0 Å². The third-order valence-electron chi connectivity index (χ3n) is 6.65. The lowest BCUT2D eigenvalue weighted by molar-refractivity contribution is -0.151. The highest BCUT2D eigenvalue weighted by Crippen LogP contribution is 2.45. The first-order valence-electron chi connectivity index (χ1n) is 11.9. The second-order valence-electron chi connectivity index (χ2n) is 8.88. The molecular weight excluding hydrogens is 466 g/mol. The van der Waals surface area contributed by atoms with Crippen molar-refractivity contribution >= 4 is 28.7 Å². The Labute approximate surface area is 208 Å². The topological polar surface area (TPSA) is 121 Å². The summed E-state index contributed by atoms with van der Waals surface area (Å²) in [4.78, 5) is 53.3. The van der Waals surface area contributed by atoms with Crippen LogP contribution >= 0.6 is 0 Å². The number of hydrogen-bond acceptors (Lipinski definition) is 9. The molecule has 2 heterocycles. The molecular formula is C27H29NO8. The van der Waals surface area contributed by atoms with Crippen LogP contribution in [0.5, 0.6) is 0 Å². The van der Waals surface area contributed by atoms with Crippen molar-refractivity contribution in [3.63, 3.8) is 0 Å². The van der Waals surface area contributed by atoms with Gasteiger partial charge in [-0.15, -0.1) is 0 Å². The van der Waals surface area contributed by atoms with Crippen molar-refractivity contribution in [1.29, 1.82) is 0 Å². The first kappa shape index (κ1) is 25.4. The first-order valence-corrected chi connectivity index (χ1v) is 11.9. The number of Topliss-reactive ketones (excluding diaryl/α,β-unsaturated/α-hetero) is 1. The van der Waals surface area contributed by atoms with Crippen LogP contribution in [0.15, 0.2) is 62.3 Å². The van der Waals surface area contributed by atoms with Gasteiger partial charge in [-0.25, -0.2) is 4.79 Å². The molecule has 1 N–H and O–H groups in total. The van der Waals surface area contributed by atoms with E-state index in [1.807, 2.05) is 6.92 Å². The number of allylic oxidation sites excluding steroid dienone is 3. The average Bonchev–Trinajstić information content (AvgIpc) is 2.86. The van der Waals surface area contributed by atoms with Gasteiger partial charge in [0.1, 0.15) is 18.1 Å². The fourth-order valence-electron chi connectivity index (χ4n) is 4.97. The van der Waals surface area contributed by atoms with Crippen molar-refractivity contribution in [2.75, 3.05) is 26.9 Å². The zero-order chi connectivity index (χ0) is 26.0. The second kappa shape index (κ2) is 10.5. The summed E-state index contributed by atoms with van der Waals surface area (Å²) < 4.78 is 21.3. The zero-order valence-corrected chi connectivity index (χ0v) is 20.7. The van der Waals surface area contributed by atoms with Gasteiger partial charge in [-0.3, -0.25) is 14.4 Å². The van der Waals surface area contributed by atoms with Crippen molar-refractivity contribution in [1.82, 2.24) is 5.32 Å². The molecule has 2 aromatic rings. The molecule has 2 aliphatic rings. The Kier molecular flexibility index (Phi) is 7.40. The van der Waals surface area contributed by atoms with Crippen LogP contribution in [0.1, 0.15) is 38.7 Å². The highest BCUT2D eigenvalue weighted by molar-refractivity contribution is 6.12. The average molecular weight is 496 g/mol. The summed E-state index contributed by atoms with van der Waals surface area (Å²) in [5.41, 5.74) is 1.44. The molecule has 36 heavy (non-hydrogen) atoms. The summed E-state index contributed by atoms with van der Waals surface area (Å²) in [5, 5.41) is 3.49. The lowest BCUT2D eigenvalue weighted by Crippen LogP contribution is -2.44. The maximum Gasteiger partial charge on any atom is 0.336 e. The molecule has 0 bridgehead atoms. The standard InChI is InChI=1S/C27H29NO8/c1-5-34-10-11-35-27(32)21-15(3)28-18-12-14(2)20(26(31)33-4)25(30)23(18)22(21)17-13-36-19-9-7-6-8-16(19)24(17)29/h6-9,13-14,20,22,28H,5,10-12H2,1-4H3/t14-,20+,22-/m0/s1. The van der Waals surface area contributed by atoms with Crippen molar-refractivity contribution in [2.24, 2.45) is 11.8 Å².